The molecular weight excluding hydrogens is 188 g/mol. The van der Waals surface area contributed by atoms with Gasteiger partial charge in [0.2, 0.25) is 5.91 Å². The molecule has 1 unspecified atom stereocenters. The number of rotatable bonds is 7. The summed E-state index contributed by atoms with van der Waals surface area (Å²) in [5.41, 5.74) is 5.90. The summed E-state index contributed by atoms with van der Waals surface area (Å²) in [6, 6.07) is 0.345. The third kappa shape index (κ3) is 4.98. The van der Waals surface area contributed by atoms with Gasteiger partial charge in [-0.1, -0.05) is 33.3 Å². The van der Waals surface area contributed by atoms with E-state index in [0.29, 0.717) is 11.6 Å². The molecule has 0 radical (unpaired) electrons. The highest BCUT2D eigenvalue weighted by Gasteiger charge is 2.13. The molecular formula is C12H24N2O. The first-order valence-electron chi connectivity index (χ1n) is 5.79. The fourth-order valence-electron chi connectivity index (χ4n) is 1.73. The first-order valence-corrected chi connectivity index (χ1v) is 5.79. The number of hydrogen-bond donors (Lipinski definition) is 1. The van der Waals surface area contributed by atoms with Crippen molar-refractivity contribution >= 4 is 5.91 Å². The van der Waals surface area contributed by atoms with Gasteiger partial charge in [0, 0.05) is 11.6 Å². The second-order valence-corrected chi connectivity index (χ2v) is 3.79. The van der Waals surface area contributed by atoms with Crippen molar-refractivity contribution < 1.29 is 4.79 Å². The fourth-order valence-corrected chi connectivity index (χ4v) is 1.73. The lowest BCUT2D eigenvalue weighted by Crippen LogP contribution is -2.34. The smallest absolute Gasteiger partial charge is 0.244 e. The molecule has 1 amide bonds. The molecule has 0 bridgehead atoms. The number of likely N-dealkylation sites (N-methyl/N-ethyl adjacent to an activating group) is 1. The molecule has 0 heterocycles. The molecule has 3 heteroatoms. The monoisotopic (exact) mass is 212 g/mol. The normalized spacial score (nSPS) is 14.3. The number of nitrogens with zero attached hydrogens (tertiary/aromatic N) is 1. The average Bonchev–Trinajstić information content (AvgIpc) is 2.19. The molecule has 0 aliphatic heterocycles. The fraction of sp³-hybridized carbons (Fsp3) is 0.750. The second kappa shape index (κ2) is 7.46. The summed E-state index contributed by atoms with van der Waals surface area (Å²) >= 11 is 0. The van der Waals surface area contributed by atoms with Gasteiger partial charge in [0.25, 0.3) is 0 Å². The second-order valence-electron chi connectivity index (χ2n) is 3.79. The van der Waals surface area contributed by atoms with Gasteiger partial charge < -0.3 is 5.73 Å². The zero-order valence-electron chi connectivity index (χ0n) is 10.4. The summed E-state index contributed by atoms with van der Waals surface area (Å²) < 4.78 is 0. The third-order valence-electron chi connectivity index (χ3n) is 2.70. The standard InChI is InChI=1S/C12H24N2O/c1-5-8-11(14(6-2)7-3)9-10(4)12(13)15/h9,11H,5-8H2,1-4H3,(H2,13,15). The van der Waals surface area contributed by atoms with Crippen molar-refractivity contribution in [3.8, 4) is 0 Å². The summed E-state index contributed by atoms with van der Waals surface area (Å²) in [6.07, 6.45) is 4.19. The molecule has 88 valence electrons. The predicted octanol–water partition coefficient (Wildman–Crippen LogP) is 1.93. The molecule has 15 heavy (non-hydrogen) atoms. The van der Waals surface area contributed by atoms with Gasteiger partial charge in [-0.2, -0.15) is 0 Å². The molecule has 0 aliphatic carbocycles. The van der Waals surface area contributed by atoms with Crippen molar-refractivity contribution in [2.24, 2.45) is 5.73 Å². The lowest BCUT2D eigenvalue weighted by molar-refractivity contribution is -0.114. The van der Waals surface area contributed by atoms with E-state index < -0.39 is 0 Å². The van der Waals surface area contributed by atoms with E-state index in [0.717, 1.165) is 25.9 Å². The van der Waals surface area contributed by atoms with E-state index in [4.69, 9.17) is 5.73 Å². The zero-order valence-corrected chi connectivity index (χ0v) is 10.4. The summed E-state index contributed by atoms with van der Waals surface area (Å²) in [6.45, 7) is 10.2. The van der Waals surface area contributed by atoms with E-state index in [1.165, 1.54) is 0 Å². The van der Waals surface area contributed by atoms with Crippen LogP contribution in [0, 0.1) is 0 Å². The van der Waals surface area contributed by atoms with Crippen LogP contribution in [0.1, 0.15) is 40.5 Å². The van der Waals surface area contributed by atoms with Crippen LogP contribution in [-0.4, -0.2) is 29.9 Å². The molecule has 0 aromatic rings. The first-order chi connectivity index (χ1) is 7.06. The zero-order chi connectivity index (χ0) is 11.8. The molecule has 0 fully saturated rings. The van der Waals surface area contributed by atoms with Crippen LogP contribution in [-0.2, 0) is 4.79 Å². The van der Waals surface area contributed by atoms with Crippen molar-refractivity contribution in [1.82, 2.24) is 4.90 Å². The van der Waals surface area contributed by atoms with Crippen molar-refractivity contribution in [2.45, 2.75) is 46.6 Å². The molecule has 0 aromatic carbocycles. The van der Waals surface area contributed by atoms with Gasteiger partial charge in [0.05, 0.1) is 0 Å². The lowest BCUT2D eigenvalue weighted by Gasteiger charge is -2.27. The quantitative estimate of drug-likeness (QED) is 0.655. The van der Waals surface area contributed by atoms with Crippen molar-refractivity contribution in [3.63, 3.8) is 0 Å². The molecule has 2 N–H and O–H groups in total. The average molecular weight is 212 g/mol. The summed E-state index contributed by atoms with van der Waals surface area (Å²) in [5, 5.41) is 0. The van der Waals surface area contributed by atoms with Crippen LogP contribution in [0.3, 0.4) is 0 Å². The minimum atomic E-state index is -0.316. The van der Waals surface area contributed by atoms with Gasteiger partial charge in [-0.05, 0) is 26.4 Å². The molecule has 0 aromatic heterocycles. The van der Waals surface area contributed by atoms with E-state index in [1.807, 2.05) is 6.08 Å². The van der Waals surface area contributed by atoms with E-state index in [-0.39, 0.29) is 5.91 Å². The Kier molecular flexibility index (Phi) is 7.05. The van der Waals surface area contributed by atoms with Crippen LogP contribution >= 0.6 is 0 Å². The molecule has 0 rings (SSSR count). The molecule has 0 saturated heterocycles. The Labute approximate surface area is 93.3 Å². The van der Waals surface area contributed by atoms with E-state index in [9.17, 15) is 4.79 Å². The number of primary amides is 1. The van der Waals surface area contributed by atoms with Crippen LogP contribution in [0.15, 0.2) is 11.6 Å². The summed E-state index contributed by atoms with van der Waals surface area (Å²) in [4.78, 5) is 13.3. The van der Waals surface area contributed by atoms with E-state index >= 15 is 0 Å². The molecule has 3 nitrogen and oxygen atoms in total. The van der Waals surface area contributed by atoms with Gasteiger partial charge in [0.1, 0.15) is 0 Å². The van der Waals surface area contributed by atoms with Crippen LogP contribution in [0.5, 0.6) is 0 Å². The Morgan fingerprint density at radius 3 is 2.20 bits per heavy atom. The molecule has 0 saturated carbocycles. The van der Waals surface area contributed by atoms with Crippen LogP contribution in [0.2, 0.25) is 0 Å². The number of amides is 1. The molecule has 1 atom stereocenters. The number of nitrogens with two attached hydrogens (primary N) is 1. The summed E-state index contributed by atoms with van der Waals surface area (Å²) in [5.74, 6) is -0.316. The van der Waals surface area contributed by atoms with Crippen LogP contribution < -0.4 is 5.73 Å². The van der Waals surface area contributed by atoms with Crippen molar-refractivity contribution in [3.05, 3.63) is 11.6 Å². The van der Waals surface area contributed by atoms with Crippen LogP contribution in [0.25, 0.3) is 0 Å². The Morgan fingerprint density at radius 1 is 1.33 bits per heavy atom. The predicted molar refractivity (Wildman–Crippen MR) is 64.6 cm³/mol. The van der Waals surface area contributed by atoms with Gasteiger partial charge in [-0.3, -0.25) is 9.69 Å². The minimum Gasteiger partial charge on any atom is -0.366 e. The summed E-state index contributed by atoms with van der Waals surface area (Å²) in [7, 11) is 0. The van der Waals surface area contributed by atoms with Gasteiger partial charge in [-0.25, -0.2) is 0 Å². The molecule has 0 spiro atoms. The number of carbonyl (C=O) groups excluding carboxylic acids is 1. The molecule has 0 aliphatic rings. The Bertz CT molecular complexity index is 220. The maximum Gasteiger partial charge on any atom is 0.244 e. The number of hydrogen-bond acceptors (Lipinski definition) is 2. The van der Waals surface area contributed by atoms with Crippen molar-refractivity contribution in [2.75, 3.05) is 13.1 Å². The van der Waals surface area contributed by atoms with Gasteiger partial charge in [-0.15, -0.1) is 0 Å². The Hall–Kier alpha value is -0.830. The topological polar surface area (TPSA) is 46.3 Å². The van der Waals surface area contributed by atoms with E-state index in [1.54, 1.807) is 6.92 Å². The van der Waals surface area contributed by atoms with Gasteiger partial charge >= 0.3 is 0 Å². The highest BCUT2D eigenvalue weighted by Crippen LogP contribution is 2.10. The largest absolute Gasteiger partial charge is 0.366 e. The first kappa shape index (κ1) is 14.2. The van der Waals surface area contributed by atoms with Crippen LogP contribution in [0.4, 0.5) is 0 Å². The Balaban J connectivity index is 4.64. The van der Waals surface area contributed by atoms with E-state index in [2.05, 4.69) is 25.7 Å². The minimum absolute atomic E-state index is 0.316. The van der Waals surface area contributed by atoms with Gasteiger partial charge in [0.15, 0.2) is 0 Å². The maximum atomic E-state index is 11.0. The van der Waals surface area contributed by atoms with Crippen molar-refractivity contribution in [1.29, 1.82) is 0 Å². The third-order valence-corrected chi connectivity index (χ3v) is 2.70. The SMILES string of the molecule is CCCC(C=C(C)C(N)=O)N(CC)CC. The highest BCUT2D eigenvalue weighted by atomic mass is 16.1. The Morgan fingerprint density at radius 2 is 1.87 bits per heavy atom. The maximum absolute atomic E-state index is 11.0. The lowest BCUT2D eigenvalue weighted by atomic mass is 10.1. The number of carbonyl (C=O) groups is 1. The highest BCUT2D eigenvalue weighted by molar-refractivity contribution is 5.91.